The number of aryl methyl sites for hydroxylation is 1. The first kappa shape index (κ1) is 27.3. The Morgan fingerprint density at radius 3 is 2.52 bits per heavy atom. The van der Waals surface area contributed by atoms with Crippen molar-refractivity contribution in [2.24, 2.45) is 0 Å². The summed E-state index contributed by atoms with van der Waals surface area (Å²) >= 11 is 0. The summed E-state index contributed by atoms with van der Waals surface area (Å²) in [6.45, 7) is 5.08. The molecule has 0 saturated heterocycles. The van der Waals surface area contributed by atoms with Gasteiger partial charge in [-0.05, 0) is 60.9 Å². The Morgan fingerprint density at radius 2 is 1.85 bits per heavy atom. The Labute approximate surface area is 230 Å². The van der Waals surface area contributed by atoms with Crippen LogP contribution in [-0.4, -0.2) is 42.6 Å². The SMILES string of the molecule is Cc1ccc(F)c([C@@H](C)[C@@H](c2n[nH]c(=O)o2)N2CN(C)c3cc(OC(=O)c4ccccc4)ccc3S2(=O)=O)c1C. The van der Waals surface area contributed by atoms with Gasteiger partial charge in [0.25, 0.3) is 0 Å². The van der Waals surface area contributed by atoms with E-state index in [2.05, 4.69) is 10.2 Å². The van der Waals surface area contributed by atoms with Crippen LogP contribution in [0.15, 0.2) is 74.8 Å². The number of aromatic amines is 1. The zero-order valence-corrected chi connectivity index (χ0v) is 23.0. The van der Waals surface area contributed by atoms with Gasteiger partial charge in [-0.15, -0.1) is 5.10 Å². The lowest BCUT2D eigenvalue weighted by Gasteiger charge is -2.40. The lowest BCUT2D eigenvalue weighted by molar-refractivity contribution is 0.0734. The summed E-state index contributed by atoms with van der Waals surface area (Å²) in [5.41, 5.74) is 2.43. The van der Waals surface area contributed by atoms with Crippen LogP contribution in [0.5, 0.6) is 5.75 Å². The number of nitrogens with one attached hydrogen (secondary N) is 1. The molecule has 1 N–H and O–H groups in total. The molecule has 0 radical (unpaired) electrons. The highest BCUT2D eigenvalue weighted by atomic mass is 32.2. The lowest BCUT2D eigenvalue weighted by atomic mass is 9.87. The number of hydrogen-bond acceptors (Lipinski definition) is 8. The van der Waals surface area contributed by atoms with Crippen LogP contribution < -0.4 is 15.4 Å². The van der Waals surface area contributed by atoms with Gasteiger partial charge in [-0.2, -0.15) is 4.31 Å². The van der Waals surface area contributed by atoms with E-state index in [1.165, 1.54) is 24.3 Å². The summed E-state index contributed by atoms with van der Waals surface area (Å²) in [6, 6.07) is 14.5. The molecule has 1 aliphatic heterocycles. The van der Waals surface area contributed by atoms with Gasteiger partial charge < -0.3 is 14.1 Å². The highest BCUT2D eigenvalue weighted by Gasteiger charge is 2.45. The monoisotopic (exact) mass is 566 g/mol. The number of anilines is 1. The fourth-order valence-electron chi connectivity index (χ4n) is 5.02. The fraction of sp³-hybridized carbons (Fsp3) is 0.250. The normalized spacial score (nSPS) is 16.3. The third-order valence-corrected chi connectivity index (χ3v) is 9.04. The summed E-state index contributed by atoms with van der Waals surface area (Å²) < 4.78 is 55.1. The largest absolute Gasteiger partial charge is 0.434 e. The molecule has 12 heteroatoms. The number of esters is 1. The molecule has 5 rings (SSSR count). The number of H-pyrrole nitrogens is 1. The maximum Gasteiger partial charge on any atom is 0.434 e. The minimum atomic E-state index is -4.23. The van der Waals surface area contributed by atoms with E-state index in [9.17, 15) is 18.0 Å². The van der Waals surface area contributed by atoms with Gasteiger partial charge in [0.2, 0.25) is 15.9 Å². The van der Waals surface area contributed by atoms with E-state index in [-0.39, 0.29) is 23.2 Å². The van der Waals surface area contributed by atoms with E-state index < -0.39 is 39.5 Å². The molecule has 0 aliphatic carbocycles. The van der Waals surface area contributed by atoms with Gasteiger partial charge in [0, 0.05) is 19.0 Å². The van der Waals surface area contributed by atoms with E-state index >= 15 is 4.39 Å². The van der Waals surface area contributed by atoms with Crippen molar-refractivity contribution in [1.29, 1.82) is 0 Å². The Morgan fingerprint density at radius 1 is 1.12 bits per heavy atom. The number of carbonyl (C=O) groups excluding carboxylic acids is 1. The third-order valence-electron chi connectivity index (χ3n) is 7.18. The standard InChI is InChI=1S/C28H27FN4O6S/c1-16-10-12-21(29)24(17(16)2)18(3)25(26-30-31-28(35)39-26)33-15-32(4)22-14-20(11-13-23(22)40(33,36)37)38-27(34)19-8-6-5-7-9-19/h5-14,18,25H,15H2,1-4H3,(H,31,35)/t18-,25+/m1/s1. The molecule has 2 heterocycles. The van der Waals surface area contributed by atoms with Crippen LogP contribution in [0.2, 0.25) is 0 Å². The molecule has 4 aromatic rings. The maximum atomic E-state index is 15.2. The minimum Gasteiger partial charge on any atom is -0.423 e. The molecule has 0 unspecified atom stereocenters. The Hall–Kier alpha value is -4.29. The van der Waals surface area contributed by atoms with Crippen LogP contribution in [0.3, 0.4) is 0 Å². The number of hydrogen-bond donors (Lipinski definition) is 1. The number of benzene rings is 3. The van der Waals surface area contributed by atoms with Crippen LogP contribution >= 0.6 is 0 Å². The zero-order valence-electron chi connectivity index (χ0n) is 22.2. The van der Waals surface area contributed by atoms with Crippen molar-refractivity contribution in [2.45, 2.75) is 37.6 Å². The second-order valence-electron chi connectivity index (χ2n) is 9.70. The van der Waals surface area contributed by atoms with Gasteiger partial charge in [-0.3, -0.25) is 0 Å². The molecular weight excluding hydrogens is 539 g/mol. The van der Waals surface area contributed by atoms with Gasteiger partial charge in [0.05, 0.1) is 17.9 Å². The van der Waals surface area contributed by atoms with Crippen molar-refractivity contribution in [3.63, 3.8) is 0 Å². The number of carbonyl (C=O) groups is 1. The second kappa shape index (κ2) is 10.4. The number of sulfonamides is 1. The van der Waals surface area contributed by atoms with E-state index in [4.69, 9.17) is 9.15 Å². The molecule has 0 fully saturated rings. The van der Waals surface area contributed by atoms with Crippen molar-refractivity contribution >= 4 is 21.7 Å². The van der Waals surface area contributed by atoms with Crippen molar-refractivity contribution < 1.29 is 26.8 Å². The van der Waals surface area contributed by atoms with Crippen LogP contribution in [0.1, 0.15) is 51.8 Å². The average Bonchev–Trinajstić information content (AvgIpc) is 3.35. The van der Waals surface area contributed by atoms with Crippen molar-refractivity contribution in [3.8, 4) is 5.75 Å². The van der Waals surface area contributed by atoms with Gasteiger partial charge in [0.15, 0.2) is 0 Å². The Bertz CT molecular complexity index is 1750. The van der Waals surface area contributed by atoms with Crippen molar-refractivity contribution in [1.82, 2.24) is 14.5 Å². The van der Waals surface area contributed by atoms with Gasteiger partial charge in [-0.25, -0.2) is 27.5 Å². The molecule has 208 valence electrons. The summed E-state index contributed by atoms with van der Waals surface area (Å²) in [4.78, 5) is 26.0. The smallest absolute Gasteiger partial charge is 0.423 e. The first-order valence-corrected chi connectivity index (χ1v) is 13.9. The Balaban J connectivity index is 1.56. The number of rotatable bonds is 6. The highest BCUT2D eigenvalue weighted by molar-refractivity contribution is 7.89. The zero-order chi connectivity index (χ0) is 28.8. The van der Waals surface area contributed by atoms with Crippen LogP contribution in [0.4, 0.5) is 10.1 Å². The number of aromatic nitrogens is 2. The fourth-order valence-corrected chi connectivity index (χ4v) is 6.89. The molecule has 3 aromatic carbocycles. The molecule has 0 spiro atoms. The molecule has 2 atom stereocenters. The molecule has 0 saturated carbocycles. The van der Waals surface area contributed by atoms with E-state index in [0.717, 1.165) is 9.87 Å². The number of fused-ring (bicyclic) bond motifs is 1. The summed E-state index contributed by atoms with van der Waals surface area (Å²) in [5.74, 6) is -2.76. The second-order valence-corrected chi connectivity index (χ2v) is 11.6. The predicted octanol–water partition coefficient (Wildman–Crippen LogP) is 4.28. The van der Waals surface area contributed by atoms with E-state index in [0.29, 0.717) is 22.4 Å². The quantitative estimate of drug-likeness (QED) is 0.271. The maximum absolute atomic E-state index is 15.2. The number of halogens is 1. The summed E-state index contributed by atoms with van der Waals surface area (Å²) in [6.07, 6.45) is 0. The average molecular weight is 567 g/mol. The molecule has 40 heavy (non-hydrogen) atoms. The van der Waals surface area contributed by atoms with Crippen LogP contribution in [0, 0.1) is 19.7 Å². The molecule has 1 aromatic heterocycles. The van der Waals surface area contributed by atoms with Crippen molar-refractivity contribution in [2.75, 3.05) is 18.6 Å². The molecule has 1 aliphatic rings. The van der Waals surface area contributed by atoms with Crippen LogP contribution in [-0.2, 0) is 10.0 Å². The van der Waals surface area contributed by atoms with Gasteiger partial charge in [0.1, 0.15) is 22.5 Å². The van der Waals surface area contributed by atoms with Crippen LogP contribution in [0.25, 0.3) is 0 Å². The summed E-state index contributed by atoms with van der Waals surface area (Å²) in [5, 5.41) is 6.12. The lowest BCUT2D eigenvalue weighted by Crippen LogP contribution is -2.48. The number of ether oxygens (including phenoxy) is 1. The molecule has 0 bridgehead atoms. The van der Waals surface area contributed by atoms with Gasteiger partial charge >= 0.3 is 11.7 Å². The molecule has 10 nitrogen and oxygen atoms in total. The molecular formula is C28H27FN4O6S. The van der Waals surface area contributed by atoms with Gasteiger partial charge in [-0.1, -0.05) is 31.2 Å². The first-order chi connectivity index (χ1) is 19.0. The number of nitrogens with zero attached hydrogens (tertiary/aromatic N) is 3. The Kier molecular flexibility index (Phi) is 7.06. The minimum absolute atomic E-state index is 0.0581. The topological polar surface area (TPSA) is 126 Å². The van der Waals surface area contributed by atoms with E-state index in [1.54, 1.807) is 62.2 Å². The molecule has 0 amide bonds. The third kappa shape index (κ3) is 4.80. The predicted molar refractivity (Wildman–Crippen MR) is 144 cm³/mol. The summed E-state index contributed by atoms with van der Waals surface area (Å²) in [7, 11) is -2.56. The van der Waals surface area contributed by atoms with Crippen molar-refractivity contribution in [3.05, 3.63) is 105 Å². The van der Waals surface area contributed by atoms with E-state index in [1.807, 2.05) is 6.92 Å². The highest BCUT2D eigenvalue weighted by Crippen LogP contribution is 2.44. The first-order valence-electron chi connectivity index (χ1n) is 12.4.